The predicted molar refractivity (Wildman–Crippen MR) is 98.8 cm³/mol. The molecular weight excluding hydrogens is 314 g/mol. The molecule has 1 N–H and O–H groups in total. The normalized spacial score (nSPS) is 16.4. The fourth-order valence-electron chi connectivity index (χ4n) is 3.48. The van der Waals surface area contributed by atoms with Gasteiger partial charge in [0.1, 0.15) is 0 Å². The molecule has 5 heteroatoms. The van der Waals surface area contributed by atoms with Gasteiger partial charge in [0, 0.05) is 18.4 Å². The van der Waals surface area contributed by atoms with Crippen molar-refractivity contribution in [1.82, 2.24) is 9.97 Å². The van der Waals surface area contributed by atoms with E-state index < -0.39 is 5.60 Å². The Morgan fingerprint density at radius 3 is 2.52 bits per heavy atom. The van der Waals surface area contributed by atoms with Crippen LogP contribution in [0.3, 0.4) is 0 Å². The molecule has 0 spiro atoms. The molecule has 1 aliphatic rings. The smallest absolute Gasteiger partial charge is 0.316 e. The number of methoxy groups -OCH3 is 1. The van der Waals surface area contributed by atoms with Crippen LogP contribution in [0, 0.1) is 6.92 Å². The van der Waals surface area contributed by atoms with Crippen LogP contribution in [0.2, 0.25) is 0 Å². The summed E-state index contributed by atoms with van der Waals surface area (Å²) >= 11 is 0. The molecule has 0 atom stereocenters. The highest BCUT2D eigenvalue weighted by atomic mass is 16.5. The summed E-state index contributed by atoms with van der Waals surface area (Å²) in [5.41, 5.74) is 2.58. The van der Waals surface area contributed by atoms with Gasteiger partial charge in [-0.3, -0.25) is 0 Å². The fraction of sp³-hybridized carbons (Fsp3) is 0.500. The third-order valence-electron chi connectivity index (χ3n) is 4.90. The summed E-state index contributed by atoms with van der Waals surface area (Å²) in [6, 6.07) is 10.7. The Hall–Kier alpha value is -2.14. The molecule has 1 saturated carbocycles. The lowest BCUT2D eigenvalue weighted by molar-refractivity contribution is 0.0107. The maximum atomic E-state index is 11.0. The van der Waals surface area contributed by atoms with Crippen LogP contribution in [-0.4, -0.2) is 34.3 Å². The van der Waals surface area contributed by atoms with Crippen LogP contribution >= 0.6 is 0 Å². The molecule has 1 heterocycles. The summed E-state index contributed by atoms with van der Waals surface area (Å²) in [4.78, 5) is 10.7. The Balaban J connectivity index is 1.84. The standard InChI is InChI=1S/C20H27N3O2/c1-16-6-8-18(9-7-16)23(15-20(24)11-4-3-5-12-20)14-17-10-13-21-19(22-17)25-2/h6-10,13,24H,3-5,11-12,14-15H2,1-2H3. The second kappa shape index (κ2) is 7.83. The van der Waals surface area contributed by atoms with Gasteiger partial charge < -0.3 is 14.7 Å². The van der Waals surface area contributed by atoms with E-state index in [0.717, 1.165) is 37.1 Å². The van der Waals surface area contributed by atoms with Crippen molar-refractivity contribution in [3.05, 3.63) is 47.8 Å². The van der Waals surface area contributed by atoms with E-state index in [9.17, 15) is 5.11 Å². The maximum Gasteiger partial charge on any atom is 0.316 e. The van der Waals surface area contributed by atoms with Gasteiger partial charge in [-0.05, 0) is 38.0 Å². The van der Waals surface area contributed by atoms with Crippen LogP contribution in [0.15, 0.2) is 36.5 Å². The molecule has 134 valence electrons. The van der Waals surface area contributed by atoms with E-state index >= 15 is 0 Å². The van der Waals surface area contributed by atoms with Crippen molar-refractivity contribution in [3.63, 3.8) is 0 Å². The first kappa shape index (κ1) is 17.7. The summed E-state index contributed by atoms with van der Waals surface area (Å²) in [5, 5.41) is 11.0. The fourth-order valence-corrected chi connectivity index (χ4v) is 3.48. The van der Waals surface area contributed by atoms with Gasteiger partial charge in [-0.15, -0.1) is 0 Å². The Labute approximate surface area is 149 Å². The van der Waals surface area contributed by atoms with Crippen LogP contribution < -0.4 is 9.64 Å². The summed E-state index contributed by atoms with van der Waals surface area (Å²) in [6.45, 7) is 3.31. The maximum absolute atomic E-state index is 11.0. The van der Waals surface area contributed by atoms with Crippen LogP contribution in [0.5, 0.6) is 6.01 Å². The summed E-state index contributed by atoms with van der Waals surface area (Å²) < 4.78 is 5.14. The number of benzene rings is 1. The number of rotatable bonds is 6. The van der Waals surface area contributed by atoms with E-state index in [0.29, 0.717) is 19.1 Å². The molecule has 3 rings (SSSR count). The molecule has 0 unspecified atom stereocenters. The van der Waals surface area contributed by atoms with E-state index in [-0.39, 0.29) is 0 Å². The average molecular weight is 341 g/mol. The first-order chi connectivity index (χ1) is 12.1. The minimum atomic E-state index is -0.625. The van der Waals surface area contributed by atoms with Crippen molar-refractivity contribution in [2.75, 3.05) is 18.6 Å². The predicted octanol–water partition coefficient (Wildman–Crippen LogP) is 3.50. The largest absolute Gasteiger partial charge is 0.467 e. The topological polar surface area (TPSA) is 58.5 Å². The molecule has 0 saturated heterocycles. The van der Waals surface area contributed by atoms with Crippen molar-refractivity contribution >= 4 is 5.69 Å². The van der Waals surface area contributed by atoms with E-state index in [1.807, 2.05) is 6.07 Å². The van der Waals surface area contributed by atoms with E-state index in [4.69, 9.17) is 4.74 Å². The zero-order valence-electron chi connectivity index (χ0n) is 15.1. The Kier molecular flexibility index (Phi) is 5.53. The van der Waals surface area contributed by atoms with E-state index in [1.54, 1.807) is 13.3 Å². The summed E-state index contributed by atoms with van der Waals surface area (Å²) in [6.07, 6.45) is 6.85. The second-order valence-electron chi connectivity index (χ2n) is 7.01. The van der Waals surface area contributed by atoms with Gasteiger partial charge in [0.05, 0.1) is 24.9 Å². The Morgan fingerprint density at radius 1 is 1.12 bits per heavy atom. The van der Waals surface area contributed by atoms with Crippen LogP contribution in [0.1, 0.15) is 43.4 Å². The average Bonchev–Trinajstić information content (AvgIpc) is 2.62. The molecule has 1 aromatic carbocycles. The van der Waals surface area contributed by atoms with E-state index in [1.165, 1.54) is 12.0 Å². The molecule has 5 nitrogen and oxygen atoms in total. The van der Waals surface area contributed by atoms with Crippen molar-refractivity contribution in [3.8, 4) is 6.01 Å². The lowest BCUT2D eigenvalue weighted by Gasteiger charge is -2.38. The molecule has 1 fully saturated rings. The molecule has 0 amide bonds. The van der Waals surface area contributed by atoms with Crippen molar-refractivity contribution < 1.29 is 9.84 Å². The molecule has 2 aromatic rings. The van der Waals surface area contributed by atoms with E-state index in [2.05, 4.69) is 46.1 Å². The minimum absolute atomic E-state index is 0.373. The quantitative estimate of drug-likeness (QED) is 0.871. The number of hydrogen-bond acceptors (Lipinski definition) is 5. The van der Waals surface area contributed by atoms with Gasteiger partial charge in [-0.1, -0.05) is 37.0 Å². The molecule has 0 aliphatic heterocycles. The Bertz CT molecular complexity index is 682. The second-order valence-corrected chi connectivity index (χ2v) is 7.01. The van der Waals surface area contributed by atoms with Gasteiger partial charge in [0.2, 0.25) is 0 Å². The molecule has 0 bridgehead atoms. The number of aromatic nitrogens is 2. The Morgan fingerprint density at radius 2 is 1.84 bits per heavy atom. The first-order valence-corrected chi connectivity index (χ1v) is 8.98. The third-order valence-corrected chi connectivity index (χ3v) is 4.90. The highest BCUT2D eigenvalue weighted by Crippen LogP contribution is 2.31. The lowest BCUT2D eigenvalue weighted by Crippen LogP contribution is -2.44. The molecule has 1 aromatic heterocycles. The number of nitrogens with zero attached hydrogens (tertiary/aromatic N) is 3. The minimum Gasteiger partial charge on any atom is -0.467 e. The summed E-state index contributed by atoms with van der Waals surface area (Å²) in [5.74, 6) is 0. The first-order valence-electron chi connectivity index (χ1n) is 8.98. The van der Waals surface area contributed by atoms with Gasteiger partial charge in [-0.2, -0.15) is 4.98 Å². The third kappa shape index (κ3) is 4.69. The highest BCUT2D eigenvalue weighted by Gasteiger charge is 2.31. The van der Waals surface area contributed by atoms with Crippen LogP contribution in [0.4, 0.5) is 5.69 Å². The van der Waals surface area contributed by atoms with Crippen molar-refractivity contribution in [2.45, 2.75) is 51.2 Å². The molecule has 25 heavy (non-hydrogen) atoms. The highest BCUT2D eigenvalue weighted by molar-refractivity contribution is 5.48. The SMILES string of the molecule is COc1nccc(CN(CC2(O)CCCCC2)c2ccc(C)cc2)n1. The molecular formula is C20H27N3O2. The zero-order chi connectivity index (χ0) is 17.7. The van der Waals surface area contributed by atoms with Gasteiger partial charge >= 0.3 is 6.01 Å². The number of ether oxygens (including phenoxy) is 1. The summed E-state index contributed by atoms with van der Waals surface area (Å²) in [7, 11) is 1.57. The van der Waals surface area contributed by atoms with Gasteiger partial charge in [0.25, 0.3) is 0 Å². The van der Waals surface area contributed by atoms with Crippen molar-refractivity contribution in [1.29, 1.82) is 0 Å². The zero-order valence-corrected chi connectivity index (χ0v) is 15.1. The number of aryl methyl sites for hydroxylation is 1. The number of aliphatic hydroxyl groups is 1. The molecule has 0 radical (unpaired) electrons. The van der Waals surface area contributed by atoms with Gasteiger partial charge in [-0.25, -0.2) is 4.98 Å². The van der Waals surface area contributed by atoms with Crippen molar-refractivity contribution in [2.24, 2.45) is 0 Å². The monoisotopic (exact) mass is 341 g/mol. The number of anilines is 1. The lowest BCUT2D eigenvalue weighted by atomic mass is 9.84. The van der Waals surface area contributed by atoms with Gasteiger partial charge in [0.15, 0.2) is 0 Å². The van der Waals surface area contributed by atoms with Crippen LogP contribution in [-0.2, 0) is 6.54 Å². The molecule has 1 aliphatic carbocycles. The van der Waals surface area contributed by atoms with Crippen LogP contribution in [0.25, 0.3) is 0 Å². The number of hydrogen-bond donors (Lipinski definition) is 1.